The molecule has 0 radical (unpaired) electrons. The molecule has 1 atom stereocenters. The van der Waals surface area contributed by atoms with Crippen molar-refractivity contribution in [2.24, 2.45) is 0 Å². The number of methoxy groups -OCH3 is 1. The molecule has 3 rings (SSSR count). The predicted molar refractivity (Wildman–Crippen MR) is 135 cm³/mol. The largest absolute Gasteiger partial charge is 0.497 e. The first-order chi connectivity index (χ1) is 13.5. The molecule has 0 saturated carbocycles. The van der Waals surface area contributed by atoms with Gasteiger partial charge >= 0.3 is 0 Å². The van der Waals surface area contributed by atoms with E-state index in [1.807, 2.05) is 24.3 Å². The number of anilines is 1. The summed E-state index contributed by atoms with van der Waals surface area (Å²) < 4.78 is 5.45. The van der Waals surface area contributed by atoms with E-state index in [4.69, 9.17) is 21.3 Å². The van der Waals surface area contributed by atoms with E-state index in [0.717, 1.165) is 59.3 Å². The van der Waals surface area contributed by atoms with Crippen molar-refractivity contribution in [3.8, 4) is 5.75 Å². The lowest BCUT2D eigenvalue weighted by Crippen LogP contribution is -2.25. The Balaban J connectivity index is 0.00000225. The number of hydrogen-bond donors (Lipinski definition) is 1. The third-order valence-corrected chi connectivity index (χ3v) is 5.57. The molecule has 0 saturated heterocycles. The number of pyridine rings is 1. The van der Waals surface area contributed by atoms with Crippen LogP contribution in [0.25, 0.3) is 21.8 Å². The van der Waals surface area contributed by atoms with Crippen LogP contribution in [0.1, 0.15) is 33.6 Å². The van der Waals surface area contributed by atoms with Crippen molar-refractivity contribution in [3.05, 3.63) is 41.4 Å². The highest BCUT2D eigenvalue weighted by molar-refractivity contribution is 6.31. The van der Waals surface area contributed by atoms with Crippen LogP contribution in [0.5, 0.6) is 5.75 Å². The fourth-order valence-corrected chi connectivity index (χ4v) is 3.82. The van der Waals surface area contributed by atoms with Crippen molar-refractivity contribution in [1.82, 2.24) is 9.88 Å². The molecule has 0 spiro atoms. The van der Waals surface area contributed by atoms with E-state index in [1.165, 1.54) is 6.42 Å². The third-order valence-electron chi connectivity index (χ3n) is 5.34. The number of halogens is 3. The summed E-state index contributed by atoms with van der Waals surface area (Å²) in [5.41, 5.74) is 2.95. The summed E-state index contributed by atoms with van der Waals surface area (Å²) in [4.78, 5) is 7.27. The quantitative estimate of drug-likeness (QED) is 0.347. The highest BCUT2D eigenvalue weighted by Crippen LogP contribution is 2.34. The van der Waals surface area contributed by atoms with E-state index < -0.39 is 0 Å². The van der Waals surface area contributed by atoms with E-state index in [9.17, 15) is 0 Å². The number of aromatic nitrogens is 1. The molecule has 0 bridgehead atoms. The van der Waals surface area contributed by atoms with Gasteiger partial charge in [-0.15, -0.1) is 24.8 Å². The van der Waals surface area contributed by atoms with Gasteiger partial charge in [-0.1, -0.05) is 25.4 Å². The Morgan fingerprint density at radius 1 is 1.03 bits per heavy atom. The Morgan fingerprint density at radius 3 is 2.43 bits per heavy atom. The Bertz CT molecular complexity index is 948. The van der Waals surface area contributed by atoms with Gasteiger partial charge in [0.1, 0.15) is 5.75 Å². The molecule has 1 N–H and O–H groups in total. The summed E-state index contributed by atoms with van der Waals surface area (Å²) in [6.07, 6.45) is 2.28. The molecule has 1 unspecified atom stereocenters. The predicted octanol–water partition coefficient (Wildman–Crippen LogP) is 6.82. The molecule has 1 heterocycles. The number of nitrogens with one attached hydrogen (secondary N) is 1. The van der Waals surface area contributed by atoms with Gasteiger partial charge in [0.2, 0.25) is 0 Å². The van der Waals surface area contributed by atoms with Gasteiger partial charge in [0.15, 0.2) is 0 Å². The van der Waals surface area contributed by atoms with Crippen LogP contribution < -0.4 is 10.1 Å². The maximum absolute atomic E-state index is 6.22. The van der Waals surface area contributed by atoms with Crippen molar-refractivity contribution in [3.63, 3.8) is 0 Å². The molecule has 0 fully saturated rings. The SMILES string of the molecule is CCN(CC)CCCC(C)Nc1c2ccc(Cl)cc2nc2ccc(OC)cc12.Cl.Cl. The minimum atomic E-state index is 0. The number of benzene rings is 2. The zero-order chi connectivity index (χ0) is 20.1. The Labute approximate surface area is 197 Å². The summed E-state index contributed by atoms with van der Waals surface area (Å²) in [5, 5.41) is 6.61. The van der Waals surface area contributed by atoms with Crippen molar-refractivity contribution in [2.45, 2.75) is 39.7 Å². The van der Waals surface area contributed by atoms with Crippen LogP contribution >= 0.6 is 36.4 Å². The summed E-state index contributed by atoms with van der Waals surface area (Å²) in [5.74, 6) is 0.833. The fraction of sp³-hybridized carbons (Fsp3) is 0.435. The van der Waals surface area contributed by atoms with Gasteiger partial charge in [-0.3, -0.25) is 0 Å². The molecule has 30 heavy (non-hydrogen) atoms. The average Bonchev–Trinajstić information content (AvgIpc) is 2.70. The summed E-state index contributed by atoms with van der Waals surface area (Å²) in [6.45, 7) is 10.0. The van der Waals surface area contributed by atoms with E-state index in [2.05, 4.69) is 43.1 Å². The van der Waals surface area contributed by atoms with Crippen LogP contribution in [0.4, 0.5) is 5.69 Å². The second kappa shape index (κ2) is 12.4. The topological polar surface area (TPSA) is 37.4 Å². The number of nitrogens with zero attached hydrogens (tertiary/aromatic N) is 2. The zero-order valence-corrected chi connectivity index (χ0v) is 20.5. The maximum Gasteiger partial charge on any atom is 0.119 e. The van der Waals surface area contributed by atoms with Crippen molar-refractivity contribution < 1.29 is 4.74 Å². The molecular formula is C23H32Cl3N3O. The number of fused-ring (bicyclic) bond motifs is 2. The van der Waals surface area contributed by atoms with Gasteiger partial charge in [0.05, 0.1) is 23.8 Å². The van der Waals surface area contributed by atoms with E-state index >= 15 is 0 Å². The first kappa shape index (κ1) is 26.6. The van der Waals surface area contributed by atoms with E-state index in [-0.39, 0.29) is 24.8 Å². The third kappa shape index (κ3) is 6.27. The van der Waals surface area contributed by atoms with Gasteiger partial charge in [0, 0.05) is 21.8 Å². The maximum atomic E-state index is 6.22. The van der Waals surface area contributed by atoms with Crippen LogP contribution in [-0.2, 0) is 0 Å². The monoisotopic (exact) mass is 471 g/mol. The molecule has 1 aromatic heterocycles. The van der Waals surface area contributed by atoms with Crippen molar-refractivity contribution >= 4 is 63.9 Å². The minimum Gasteiger partial charge on any atom is -0.497 e. The smallest absolute Gasteiger partial charge is 0.119 e. The second-order valence-electron chi connectivity index (χ2n) is 7.25. The molecular weight excluding hydrogens is 441 g/mol. The summed E-state index contributed by atoms with van der Waals surface area (Å²) in [7, 11) is 1.69. The van der Waals surface area contributed by atoms with Crippen LogP contribution in [0.3, 0.4) is 0 Å². The van der Waals surface area contributed by atoms with Gasteiger partial charge in [-0.25, -0.2) is 4.98 Å². The summed E-state index contributed by atoms with van der Waals surface area (Å²) >= 11 is 6.22. The number of hydrogen-bond acceptors (Lipinski definition) is 4. The minimum absolute atomic E-state index is 0. The molecule has 166 valence electrons. The number of rotatable bonds is 9. The standard InChI is InChI=1S/C23H30ClN3O.2ClH/c1-5-27(6-2)13-7-8-16(3)25-23-19-11-9-17(24)14-22(19)26-21-12-10-18(28-4)15-20(21)23;;/h9-12,14-16H,5-8,13H2,1-4H3,(H,25,26);2*1H. The lowest BCUT2D eigenvalue weighted by atomic mass is 10.1. The second-order valence-corrected chi connectivity index (χ2v) is 7.68. The fourth-order valence-electron chi connectivity index (χ4n) is 3.66. The van der Waals surface area contributed by atoms with Crippen LogP contribution in [0.15, 0.2) is 36.4 Å². The highest BCUT2D eigenvalue weighted by Gasteiger charge is 2.13. The highest BCUT2D eigenvalue weighted by atomic mass is 35.5. The van der Waals surface area contributed by atoms with Gasteiger partial charge in [0.25, 0.3) is 0 Å². The molecule has 0 amide bonds. The lowest BCUT2D eigenvalue weighted by molar-refractivity contribution is 0.295. The van der Waals surface area contributed by atoms with Crippen LogP contribution in [-0.4, -0.2) is 42.7 Å². The molecule has 0 aliphatic carbocycles. The van der Waals surface area contributed by atoms with Crippen LogP contribution in [0, 0.1) is 0 Å². The summed E-state index contributed by atoms with van der Waals surface area (Å²) in [6, 6.07) is 12.3. The first-order valence-corrected chi connectivity index (χ1v) is 10.5. The van der Waals surface area contributed by atoms with E-state index in [0.29, 0.717) is 11.1 Å². The molecule has 0 aliphatic heterocycles. The van der Waals surface area contributed by atoms with Gasteiger partial charge in [-0.2, -0.15) is 0 Å². The molecule has 7 heteroatoms. The van der Waals surface area contributed by atoms with Crippen LogP contribution in [0.2, 0.25) is 5.02 Å². The Kier molecular flexibility index (Phi) is 11.0. The lowest BCUT2D eigenvalue weighted by Gasteiger charge is -2.22. The average molecular weight is 473 g/mol. The molecule has 2 aromatic carbocycles. The van der Waals surface area contributed by atoms with E-state index in [1.54, 1.807) is 7.11 Å². The normalized spacial score (nSPS) is 11.8. The first-order valence-electron chi connectivity index (χ1n) is 10.1. The van der Waals surface area contributed by atoms with Gasteiger partial charge < -0.3 is 15.0 Å². The number of ether oxygens (including phenoxy) is 1. The Morgan fingerprint density at radius 2 is 1.77 bits per heavy atom. The van der Waals surface area contributed by atoms with Gasteiger partial charge in [-0.05, 0) is 75.8 Å². The zero-order valence-electron chi connectivity index (χ0n) is 18.1. The molecule has 0 aliphatic rings. The van der Waals surface area contributed by atoms with Crippen molar-refractivity contribution in [2.75, 3.05) is 32.1 Å². The molecule has 3 aromatic rings. The van der Waals surface area contributed by atoms with Crippen molar-refractivity contribution in [1.29, 1.82) is 0 Å². The molecule has 4 nitrogen and oxygen atoms in total. The Hall–Kier alpha value is -1.46.